The maximum atomic E-state index is 13.1. The van der Waals surface area contributed by atoms with Crippen molar-refractivity contribution in [2.45, 2.75) is 18.8 Å². The molecule has 28 heavy (non-hydrogen) atoms. The number of hydrogen-bond acceptors (Lipinski definition) is 5. The van der Waals surface area contributed by atoms with Crippen molar-refractivity contribution in [3.8, 4) is 10.6 Å². The first-order valence-corrected chi connectivity index (χ1v) is 10.3. The molecule has 0 radical (unpaired) electrons. The molecule has 140 valence electrons. The molecule has 0 bridgehead atoms. The predicted octanol–water partition coefficient (Wildman–Crippen LogP) is 3.87. The van der Waals surface area contributed by atoms with E-state index in [1.54, 1.807) is 0 Å². The predicted molar refractivity (Wildman–Crippen MR) is 108 cm³/mol. The molecule has 1 atom stereocenters. The minimum atomic E-state index is -0.00282. The fourth-order valence-electron chi connectivity index (χ4n) is 3.76. The van der Waals surface area contributed by atoms with Gasteiger partial charge in [0, 0.05) is 36.1 Å². The number of carbonyl (C=O) groups is 1. The Balaban J connectivity index is 1.36. The van der Waals surface area contributed by atoms with Crippen LogP contribution in [-0.2, 0) is 0 Å². The average Bonchev–Trinajstić information content (AvgIpc) is 3.42. The lowest BCUT2D eigenvalue weighted by Gasteiger charge is -2.31. The highest BCUT2D eigenvalue weighted by Gasteiger charge is 2.29. The van der Waals surface area contributed by atoms with Crippen LogP contribution in [0.1, 0.15) is 35.1 Å². The number of nitrogens with zero attached hydrogens (tertiary/aromatic N) is 5. The summed E-state index contributed by atoms with van der Waals surface area (Å²) >= 11 is 1.51. The maximum absolute atomic E-state index is 13.1. The fourth-order valence-corrected chi connectivity index (χ4v) is 4.56. The number of thiazole rings is 1. The van der Waals surface area contributed by atoms with Gasteiger partial charge < -0.3 is 4.90 Å². The molecule has 1 fully saturated rings. The van der Waals surface area contributed by atoms with Gasteiger partial charge in [0.15, 0.2) is 5.65 Å². The van der Waals surface area contributed by atoms with Crippen LogP contribution in [0.25, 0.3) is 16.2 Å². The summed E-state index contributed by atoms with van der Waals surface area (Å²) in [5, 5.41) is 11.4. The molecule has 3 aromatic heterocycles. The smallest absolute Gasteiger partial charge is 0.273 e. The molecule has 5 rings (SSSR count). The van der Waals surface area contributed by atoms with Crippen molar-refractivity contribution in [3.05, 3.63) is 71.6 Å². The topological polar surface area (TPSA) is 63.4 Å². The Morgan fingerprint density at radius 2 is 1.93 bits per heavy atom. The lowest BCUT2D eigenvalue weighted by Crippen LogP contribution is -2.39. The molecule has 1 unspecified atom stereocenters. The Kier molecular flexibility index (Phi) is 4.37. The van der Waals surface area contributed by atoms with E-state index in [4.69, 9.17) is 0 Å². The van der Waals surface area contributed by atoms with E-state index >= 15 is 0 Å². The molecule has 6 nitrogen and oxygen atoms in total. The number of piperidine rings is 1. The molecule has 1 aliphatic rings. The molecular weight excluding hydrogens is 370 g/mol. The number of aromatic nitrogens is 4. The quantitative estimate of drug-likeness (QED) is 0.534. The summed E-state index contributed by atoms with van der Waals surface area (Å²) in [6.45, 7) is 1.40. The molecule has 4 heterocycles. The van der Waals surface area contributed by atoms with E-state index in [0.717, 1.165) is 41.4 Å². The standard InChI is InChI=1S/C21H19N5OS/c27-21(17-14-28-20(22-17)15-7-2-1-3-8-15)25-11-6-9-16(13-25)19-24-23-18-10-4-5-12-26(18)19/h1-5,7-8,10,12,14,16H,6,9,11,13H2. The van der Waals surface area contributed by atoms with Gasteiger partial charge in [0.05, 0.1) is 0 Å². The van der Waals surface area contributed by atoms with Crippen LogP contribution in [0.3, 0.4) is 0 Å². The van der Waals surface area contributed by atoms with Crippen LogP contribution >= 0.6 is 11.3 Å². The molecule has 0 saturated carbocycles. The van der Waals surface area contributed by atoms with Gasteiger partial charge in [-0.15, -0.1) is 21.5 Å². The number of benzene rings is 1. The monoisotopic (exact) mass is 389 g/mol. The van der Waals surface area contributed by atoms with E-state index in [1.165, 1.54) is 11.3 Å². The lowest BCUT2D eigenvalue weighted by atomic mass is 9.97. The summed E-state index contributed by atoms with van der Waals surface area (Å²) in [6, 6.07) is 15.9. The highest BCUT2D eigenvalue weighted by Crippen LogP contribution is 2.28. The van der Waals surface area contributed by atoms with Crippen molar-refractivity contribution in [3.63, 3.8) is 0 Å². The van der Waals surface area contributed by atoms with Crippen LogP contribution < -0.4 is 0 Å². The van der Waals surface area contributed by atoms with Crippen LogP contribution in [0.4, 0.5) is 0 Å². The summed E-state index contributed by atoms with van der Waals surface area (Å²) in [4.78, 5) is 19.5. The molecule has 1 amide bonds. The third kappa shape index (κ3) is 3.07. The largest absolute Gasteiger partial charge is 0.337 e. The first-order chi connectivity index (χ1) is 13.8. The zero-order valence-electron chi connectivity index (χ0n) is 15.2. The third-order valence-electron chi connectivity index (χ3n) is 5.16. The van der Waals surface area contributed by atoms with Gasteiger partial charge in [-0.2, -0.15) is 0 Å². The Morgan fingerprint density at radius 3 is 2.82 bits per heavy atom. The highest BCUT2D eigenvalue weighted by molar-refractivity contribution is 7.13. The van der Waals surface area contributed by atoms with Gasteiger partial charge in [0.25, 0.3) is 5.91 Å². The third-order valence-corrected chi connectivity index (χ3v) is 6.05. The molecule has 1 aliphatic heterocycles. The van der Waals surface area contributed by atoms with Crippen LogP contribution in [0, 0.1) is 0 Å². The Hall–Kier alpha value is -3.06. The fraction of sp³-hybridized carbons (Fsp3) is 0.238. The molecule has 0 spiro atoms. The highest BCUT2D eigenvalue weighted by atomic mass is 32.1. The summed E-state index contributed by atoms with van der Waals surface area (Å²) < 4.78 is 2.02. The molecular formula is C21H19N5OS. The molecule has 1 aromatic carbocycles. The first kappa shape index (κ1) is 17.1. The second-order valence-corrected chi connectivity index (χ2v) is 7.84. The normalized spacial score (nSPS) is 17.1. The van der Waals surface area contributed by atoms with Crippen molar-refractivity contribution >= 4 is 22.9 Å². The number of rotatable bonds is 3. The SMILES string of the molecule is O=C(c1csc(-c2ccccc2)n1)N1CCCC(c2nnc3ccccn23)C1. The maximum Gasteiger partial charge on any atom is 0.273 e. The summed E-state index contributed by atoms with van der Waals surface area (Å²) in [5.41, 5.74) is 2.40. The number of carbonyl (C=O) groups excluding carboxylic acids is 1. The van der Waals surface area contributed by atoms with Gasteiger partial charge in [-0.1, -0.05) is 36.4 Å². The molecule has 0 aliphatic carbocycles. The second kappa shape index (κ2) is 7.16. The van der Waals surface area contributed by atoms with Crippen molar-refractivity contribution in [1.29, 1.82) is 0 Å². The lowest BCUT2D eigenvalue weighted by molar-refractivity contribution is 0.0699. The number of likely N-dealkylation sites (tertiary alicyclic amines) is 1. The van der Waals surface area contributed by atoms with Crippen LogP contribution in [0.15, 0.2) is 60.1 Å². The van der Waals surface area contributed by atoms with E-state index in [2.05, 4.69) is 15.2 Å². The van der Waals surface area contributed by atoms with Crippen LogP contribution in [0.5, 0.6) is 0 Å². The number of hydrogen-bond donors (Lipinski definition) is 0. The molecule has 4 aromatic rings. The van der Waals surface area contributed by atoms with Gasteiger partial charge in [0.2, 0.25) is 0 Å². The van der Waals surface area contributed by atoms with Gasteiger partial charge in [0.1, 0.15) is 16.5 Å². The summed E-state index contributed by atoms with van der Waals surface area (Å²) in [6.07, 6.45) is 3.94. The first-order valence-electron chi connectivity index (χ1n) is 9.39. The Bertz CT molecular complexity index is 1120. The molecule has 1 saturated heterocycles. The second-order valence-electron chi connectivity index (χ2n) is 6.98. The van der Waals surface area contributed by atoms with Crippen molar-refractivity contribution in [2.75, 3.05) is 13.1 Å². The van der Waals surface area contributed by atoms with Crippen LogP contribution in [-0.4, -0.2) is 43.5 Å². The number of pyridine rings is 1. The van der Waals surface area contributed by atoms with Crippen molar-refractivity contribution in [2.24, 2.45) is 0 Å². The zero-order valence-corrected chi connectivity index (χ0v) is 16.0. The van der Waals surface area contributed by atoms with E-state index < -0.39 is 0 Å². The minimum absolute atomic E-state index is 0.00282. The minimum Gasteiger partial charge on any atom is -0.337 e. The van der Waals surface area contributed by atoms with Crippen LogP contribution in [0.2, 0.25) is 0 Å². The molecule has 0 N–H and O–H groups in total. The van der Waals surface area contributed by atoms with Crippen molar-refractivity contribution < 1.29 is 4.79 Å². The summed E-state index contributed by atoms with van der Waals surface area (Å²) in [5.74, 6) is 1.11. The van der Waals surface area contributed by atoms with E-state index in [1.807, 2.05) is 69.4 Å². The van der Waals surface area contributed by atoms with Gasteiger partial charge >= 0.3 is 0 Å². The van der Waals surface area contributed by atoms with E-state index in [-0.39, 0.29) is 11.8 Å². The Labute approximate surface area is 166 Å². The number of amides is 1. The Morgan fingerprint density at radius 1 is 1.07 bits per heavy atom. The van der Waals surface area contributed by atoms with Crippen molar-refractivity contribution in [1.82, 2.24) is 24.5 Å². The molecule has 7 heteroatoms. The van der Waals surface area contributed by atoms with Gasteiger partial charge in [-0.3, -0.25) is 9.20 Å². The number of fused-ring (bicyclic) bond motifs is 1. The average molecular weight is 389 g/mol. The van der Waals surface area contributed by atoms with Gasteiger partial charge in [-0.05, 0) is 25.0 Å². The van der Waals surface area contributed by atoms with Gasteiger partial charge in [-0.25, -0.2) is 4.98 Å². The zero-order chi connectivity index (χ0) is 18.9. The van der Waals surface area contributed by atoms with E-state index in [9.17, 15) is 4.79 Å². The van der Waals surface area contributed by atoms with E-state index in [0.29, 0.717) is 12.2 Å². The summed E-state index contributed by atoms with van der Waals surface area (Å²) in [7, 11) is 0.